The van der Waals surface area contributed by atoms with Crippen molar-refractivity contribution in [3.05, 3.63) is 46.2 Å². The van der Waals surface area contributed by atoms with Gasteiger partial charge in [0.1, 0.15) is 0 Å². The van der Waals surface area contributed by atoms with Crippen molar-refractivity contribution in [2.45, 2.75) is 12.8 Å². The molecule has 1 fully saturated rings. The molecule has 9 heteroatoms. The van der Waals surface area contributed by atoms with Crippen LogP contribution >= 0.6 is 35.6 Å². The number of benzene rings is 1. The van der Waals surface area contributed by atoms with E-state index < -0.39 is 0 Å². The molecule has 2 N–H and O–H groups in total. The highest BCUT2D eigenvalue weighted by atomic mass is 35.5. The Bertz CT molecular complexity index is 770. The third kappa shape index (κ3) is 5.36. The van der Waals surface area contributed by atoms with Crippen molar-refractivity contribution >= 4 is 41.5 Å². The van der Waals surface area contributed by atoms with E-state index in [1.807, 2.05) is 0 Å². The highest BCUT2D eigenvalue weighted by Gasteiger charge is 2.32. The van der Waals surface area contributed by atoms with Crippen LogP contribution in [0.5, 0.6) is 0 Å². The molecule has 0 saturated carbocycles. The van der Waals surface area contributed by atoms with E-state index in [-0.39, 0.29) is 23.7 Å². The van der Waals surface area contributed by atoms with Gasteiger partial charge in [-0.25, -0.2) is 4.68 Å². The summed E-state index contributed by atoms with van der Waals surface area (Å²) in [4.78, 5) is 12.5. The first-order chi connectivity index (χ1) is 12.5. The van der Waals surface area contributed by atoms with Gasteiger partial charge >= 0.3 is 0 Å². The first-order valence-corrected chi connectivity index (χ1v) is 9.27. The summed E-state index contributed by atoms with van der Waals surface area (Å²) < 4.78 is 6.96. The monoisotopic (exact) mass is 432 g/mol. The number of aromatic nitrogens is 2. The van der Waals surface area contributed by atoms with Gasteiger partial charge in [-0.3, -0.25) is 4.79 Å². The summed E-state index contributed by atoms with van der Waals surface area (Å²) in [5.74, 6) is -0.157. The van der Waals surface area contributed by atoms with E-state index in [9.17, 15) is 4.79 Å². The molecule has 1 aromatic carbocycles. The first kappa shape index (κ1) is 22.0. The van der Waals surface area contributed by atoms with Crippen LogP contribution in [0.15, 0.2) is 30.6 Å². The molecule has 1 aromatic heterocycles. The van der Waals surface area contributed by atoms with E-state index in [0.717, 1.165) is 25.9 Å². The largest absolute Gasteiger partial charge is 0.384 e. The Hall–Kier alpha value is -1.31. The van der Waals surface area contributed by atoms with Crippen molar-refractivity contribution < 1.29 is 9.53 Å². The lowest BCUT2D eigenvalue weighted by Crippen LogP contribution is -2.47. The molecule has 148 valence electrons. The summed E-state index contributed by atoms with van der Waals surface area (Å²) in [5, 5.41) is 11.6. The van der Waals surface area contributed by atoms with Crippen molar-refractivity contribution in [3.63, 3.8) is 0 Å². The average molecular weight is 434 g/mol. The van der Waals surface area contributed by atoms with Gasteiger partial charge in [-0.05, 0) is 44.1 Å². The summed E-state index contributed by atoms with van der Waals surface area (Å²) in [7, 11) is 1.70. The third-order valence-corrected chi connectivity index (χ3v) is 5.28. The second kappa shape index (κ2) is 9.75. The number of nitrogens with one attached hydrogen (secondary N) is 2. The van der Waals surface area contributed by atoms with Gasteiger partial charge in [0.05, 0.1) is 29.1 Å². The Morgan fingerprint density at radius 2 is 2.11 bits per heavy atom. The van der Waals surface area contributed by atoms with Crippen LogP contribution in [-0.2, 0) is 4.74 Å². The van der Waals surface area contributed by atoms with Crippen LogP contribution in [0.25, 0.3) is 5.69 Å². The molecule has 2 aromatic rings. The van der Waals surface area contributed by atoms with Gasteiger partial charge in [0.2, 0.25) is 0 Å². The van der Waals surface area contributed by atoms with Crippen LogP contribution in [-0.4, -0.2) is 49.0 Å². The van der Waals surface area contributed by atoms with Crippen LogP contribution < -0.4 is 10.6 Å². The standard InChI is InChI=1S/C18H22Cl2N4O2.ClH/c1-26-12-18(4-6-21-7-5-18)11-22-17(25)13-9-23-24(10-13)16-3-2-14(19)8-15(16)20;/h2-3,8-10,21H,4-7,11-12H2,1H3,(H,22,25);1H. The molecule has 1 amide bonds. The maximum atomic E-state index is 12.5. The topological polar surface area (TPSA) is 68.2 Å². The average Bonchev–Trinajstić information content (AvgIpc) is 3.11. The number of nitrogens with zero attached hydrogens (tertiary/aromatic N) is 2. The van der Waals surface area contributed by atoms with Gasteiger partial charge in [0, 0.05) is 30.3 Å². The van der Waals surface area contributed by atoms with Gasteiger partial charge in [-0.1, -0.05) is 23.2 Å². The molecule has 0 radical (unpaired) electrons. The van der Waals surface area contributed by atoms with Crippen LogP contribution in [0.3, 0.4) is 0 Å². The van der Waals surface area contributed by atoms with Crippen LogP contribution in [0.2, 0.25) is 10.0 Å². The summed E-state index contributed by atoms with van der Waals surface area (Å²) in [6.07, 6.45) is 5.14. The fourth-order valence-corrected chi connectivity index (χ4v) is 3.74. The minimum atomic E-state index is -0.157. The number of rotatable bonds is 6. The fraction of sp³-hybridized carbons (Fsp3) is 0.444. The van der Waals surface area contributed by atoms with Crippen molar-refractivity contribution in [2.75, 3.05) is 33.4 Å². The van der Waals surface area contributed by atoms with Crippen LogP contribution in [0, 0.1) is 5.41 Å². The molecule has 0 spiro atoms. The zero-order valence-electron chi connectivity index (χ0n) is 15.0. The molecule has 6 nitrogen and oxygen atoms in total. The molecular weight excluding hydrogens is 411 g/mol. The molecular formula is C18H23Cl3N4O2. The molecule has 3 rings (SSSR count). The van der Waals surface area contributed by atoms with Gasteiger partial charge < -0.3 is 15.4 Å². The van der Waals surface area contributed by atoms with E-state index >= 15 is 0 Å². The molecule has 1 aliphatic heterocycles. The van der Waals surface area contributed by atoms with Crippen molar-refractivity contribution in [3.8, 4) is 5.69 Å². The molecule has 1 saturated heterocycles. The highest BCUT2D eigenvalue weighted by Crippen LogP contribution is 2.28. The molecule has 27 heavy (non-hydrogen) atoms. The van der Waals surface area contributed by atoms with Gasteiger partial charge in [-0.15, -0.1) is 12.4 Å². The fourth-order valence-electron chi connectivity index (χ4n) is 3.24. The minimum Gasteiger partial charge on any atom is -0.384 e. The van der Waals surface area contributed by atoms with Gasteiger partial charge in [0.25, 0.3) is 5.91 Å². The summed E-state index contributed by atoms with van der Waals surface area (Å²) in [5.41, 5.74) is 1.13. The number of hydrogen-bond donors (Lipinski definition) is 2. The lowest BCUT2D eigenvalue weighted by molar-refractivity contribution is 0.0512. The van der Waals surface area contributed by atoms with Crippen molar-refractivity contribution in [1.82, 2.24) is 20.4 Å². The molecule has 0 unspecified atom stereocenters. The van der Waals surface area contributed by atoms with Crippen molar-refractivity contribution in [1.29, 1.82) is 0 Å². The lowest BCUT2D eigenvalue weighted by Gasteiger charge is -2.37. The summed E-state index contributed by atoms with van der Waals surface area (Å²) in [6, 6.07) is 5.14. The maximum absolute atomic E-state index is 12.5. The van der Waals surface area contributed by atoms with Crippen molar-refractivity contribution in [2.24, 2.45) is 5.41 Å². The highest BCUT2D eigenvalue weighted by molar-refractivity contribution is 6.35. The number of carbonyl (C=O) groups is 1. The number of amides is 1. The zero-order valence-corrected chi connectivity index (χ0v) is 17.3. The van der Waals surface area contributed by atoms with E-state index in [1.54, 1.807) is 36.2 Å². The number of halogens is 3. The molecule has 2 heterocycles. The molecule has 0 bridgehead atoms. The van der Waals surface area contributed by atoms with E-state index in [2.05, 4.69) is 15.7 Å². The molecule has 0 atom stereocenters. The second-order valence-electron chi connectivity index (χ2n) is 6.64. The number of hydrogen-bond acceptors (Lipinski definition) is 4. The smallest absolute Gasteiger partial charge is 0.254 e. The molecule has 1 aliphatic rings. The quantitative estimate of drug-likeness (QED) is 0.733. The summed E-state index contributed by atoms with van der Waals surface area (Å²) in [6.45, 7) is 3.08. The predicted octanol–water partition coefficient (Wildman–Crippen LogP) is 3.35. The third-order valence-electron chi connectivity index (χ3n) is 4.74. The number of methoxy groups -OCH3 is 1. The van der Waals surface area contributed by atoms with E-state index in [0.29, 0.717) is 34.4 Å². The van der Waals surface area contributed by atoms with Crippen LogP contribution in [0.4, 0.5) is 0 Å². The Morgan fingerprint density at radius 1 is 1.37 bits per heavy atom. The maximum Gasteiger partial charge on any atom is 0.254 e. The number of piperidine rings is 1. The zero-order chi connectivity index (χ0) is 18.6. The Labute approximate surface area is 175 Å². The van der Waals surface area contributed by atoms with E-state index in [4.69, 9.17) is 27.9 Å². The Balaban J connectivity index is 0.00000261. The Kier molecular flexibility index (Phi) is 7.94. The SMILES string of the molecule is COCC1(CNC(=O)c2cnn(-c3ccc(Cl)cc3Cl)c2)CCNCC1.Cl. The van der Waals surface area contributed by atoms with Gasteiger partial charge in [0.15, 0.2) is 0 Å². The predicted molar refractivity (Wildman–Crippen MR) is 110 cm³/mol. The Morgan fingerprint density at radius 3 is 2.78 bits per heavy atom. The normalized spacial score (nSPS) is 15.8. The lowest BCUT2D eigenvalue weighted by atomic mass is 9.79. The number of carbonyl (C=O) groups excluding carboxylic acids is 1. The summed E-state index contributed by atoms with van der Waals surface area (Å²) >= 11 is 12.1. The van der Waals surface area contributed by atoms with Crippen LogP contribution in [0.1, 0.15) is 23.2 Å². The second-order valence-corrected chi connectivity index (χ2v) is 7.48. The first-order valence-electron chi connectivity index (χ1n) is 8.51. The van der Waals surface area contributed by atoms with E-state index in [1.165, 1.54) is 6.20 Å². The number of ether oxygens (including phenoxy) is 1. The van der Waals surface area contributed by atoms with Gasteiger partial charge in [-0.2, -0.15) is 5.10 Å². The minimum absolute atomic E-state index is 0. The molecule has 0 aliphatic carbocycles.